The number of nitriles is 1. The van der Waals surface area contributed by atoms with Gasteiger partial charge in [0.2, 0.25) is 0 Å². The minimum absolute atomic E-state index is 0.0991. The van der Waals surface area contributed by atoms with E-state index in [4.69, 9.17) is 5.26 Å². The van der Waals surface area contributed by atoms with E-state index in [0.29, 0.717) is 12.0 Å². The summed E-state index contributed by atoms with van der Waals surface area (Å²) in [6, 6.07) is 5.45. The third kappa shape index (κ3) is 4.53. The van der Waals surface area contributed by atoms with Crippen molar-refractivity contribution in [1.29, 1.82) is 5.26 Å². The van der Waals surface area contributed by atoms with Crippen molar-refractivity contribution in [3.63, 3.8) is 0 Å². The molecular formula is C12H14FNO2S. The smallest absolute Gasteiger partial charge is 0.154 e. The quantitative estimate of drug-likeness (QED) is 0.811. The van der Waals surface area contributed by atoms with E-state index in [1.165, 1.54) is 6.07 Å². The normalized spacial score (nSPS) is 11.1. The molecule has 0 fully saturated rings. The van der Waals surface area contributed by atoms with Crippen molar-refractivity contribution in [2.75, 3.05) is 5.75 Å². The van der Waals surface area contributed by atoms with Crippen LogP contribution in [0.25, 0.3) is 0 Å². The fraction of sp³-hybridized carbons (Fsp3) is 0.417. The van der Waals surface area contributed by atoms with Crippen LogP contribution in [0, 0.1) is 17.1 Å². The van der Waals surface area contributed by atoms with Gasteiger partial charge >= 0.3 is 0 Å². The minimum atomic E-state index is -3.21. The zero-order chi connectivity index (χ0) is 12.9. The third-order valence-electron chi connectivity index (χ3n) is 2.28. The Balaban J connectivity index is 2.89. The molecule has 0 aliphatic heterocycles. The maximum atomic E-state index is 13.1. The molecule has 0 unspecified atom stereocenters. The van der Waals surface area contributed by atoms with Gasteiger partial charge in [0.1, 0.15) is 5.82 Å². The molecule has 0 aliphatic rings. The van der Waals surface area contributed by atoms with Crippen LogP contribution in [-0.2, 0) is 15.6 Å². The second-order valence-electron chi connectivity index (χ2n) is 3.91. The number of hydrogen-bond acceptors (Lipinski definition) is 3. The van der Waals surface area contributed by atoms with Gasteiger partial charge in [-0.3, -0.25) is 0 Å². The van der Waals surface area contributed by atoms with Crippen LogP contribution < -0.4 is 0 Å². The largest absolute Gasteiger partial charge is 0.228 e. The minimum Gasteiger partial charge on any atom is -0.228 e. The average Bonchev–Trinajstić information content (AvgIpc) is 2.25. The summed E-state index contributed by atoms with van der Waals surface area (Å²) in [7, 11) is -3.21. The van der Waals surface area contributed by atoms with Crippen molar-refractivity contribution in [2.45, 2.75) is 25.5 Å². The Labute approximate surface area is 101 Å². The molecule has 1 rings (SSSR count). The van der Waals surface area contributed by atoms with Crippen molar-refractivity contribution in [2.24, 2.45) is 0 Å². The monoisotopic (exact) mass is 255 g/mol. The molecule has 92 valence electrons. The summed E-state index contributed by atoms with van der Waals surface area (Å²) in [5.74, 6) is -0.689. The number of halogens is 1. The molecule has 0 atom stereocenters. The first-order valence-electron chi connectivity index (χ1n) is 5.37. The van der Waals surface area contributed by atoms with Crippen LogP contribution in [0.4, 0.5) is 4.39 Å². The summed E-state index contributed by atoms with van der Waals surface area (Å²) in [6.07, 6.45) is 1.40. The number of sulfone groups is 1. The van der Waals surface area contributed by atoms with Gasteiger partial charge in [-0.05, 0) is 30.2 Å². The van der Waals surface area contributed by atoms with Crippen LogP contribution in [0.15, 0.2) is 18.2 Å². The fourth-order valence-corrected chi connectivity index (χ4v) is 3.04. The Morgan fingerprint density at radius 2 is 2.06 bits per heavy atom. The van der Waals surface area contributed by atoms with E-state index < -0.39 is 15.7 Å². The number of rotatable bonds is 5. The lowest BCUT2D eigenvalue weighted by Gasteiger charge is -2.04. The molecule has 0 amide bonds. The highest BCUT2D eigenvalue weighted by atomic mass is 32.2. The van der Waals surface area contributed by atoms with Crippen molar-refractivity contribution in [1.82, 2.24) is 0 Å². The lowest BCUT2D eigenvalue weighted by molar-refractivity contribution is 0.591. The molecule has 0 radical (unpaired) electrons. The van der Waals surface area contributed by atoms with Crippen LogP contribution in [-0.4, -0.2) is 14.2 Å². The van der Waals surface area contributed by atoms with Crippen LogP contribution in [0.5, 0.6) is 0 Å². The molecule has 0 heterocycles. The summed E-state index contributed by atoms with van der Waals surface area (Å²) in [4.78, 5) is 0. The van der Waals surface area contributed by atoms with E-state index in [0.717, 1.165) is 18.6 Å². The first kappa shape index (κ1) is 13.7. The van der Waals surface area contributed by atoms with E-state index in [-0.39, 0.29) is 17.1 Å². The predicted molar refractivity (Wildman–Crippen MR) is 63.5 cm³/mol. The Morgan fingerprint density at radius 3 is 2.65 bits per heavy atom. The zero-order valence-electron chi connectivity index (χ0n) is 9.61. The number of nitrogens with zero attached hydrogens (tertiary/aromatic N) is 1. The second kappa shape index (κ2) is 5.78. The standard InChI is InChI=1S/C12H14FNO2S/c1-2-3-4-17(15,16)9-11-5-10(8-14)6-12(13)7-11/h5-7H,2-4,9H2,1H3. The predicted octanol–water partition coefficient (Wildman–Crippen LogP) is 2.41. The highest BCUT2D eigenvalue weighted by molar-refractivity contribution is 7.90. The van der Waals surface area contributed by atoms with Crippen LogP contribution in [0.3, 0.4) is 0 Å². The molecule has 5 heteroatoms. The molecule has 17 heavy (non-hydrogen) atoms. The van der Waals surface area contributed by atoms with E-state index in [9.17, 15) is 12.8 Å². The average molecular weight is 255 g/mol. The summed E-state index contributed by atoms with van der Waals surface area (Å²) in [6.45, 7) is 1.91. The van der Waals surface area contributed by atoms with Gasteiger partial charge in [0.15, 0.2) is 9.84 Å². The van der Waals surface area contributed by atoms with Crippen molar-refractivity contribution >= 4 is 9.84 Å². The maximum Gasteiger partial charge on any atom is 0.154 e. The highest BCUT2D eigenvalue weighted by Gasteiger charge is 2.12. The van der Waals surface area contributed by atoms with Gasteiger partial charge in [0.05, 0.1) is 23.1 Å². The molecule has 0 aliphatic carbocycles. The van der Waals surface area contributed by atoms with Gasteiger partial charge in [-0.25, -0.2) is 12.8 Å². The number of benzene rings is 1. The molecular weight excluding hydrogens is 241 g/mol. The molecule has 0 saturated carbocycles. The van der Waals surface area contributed by atoms with Gasteiger partial charge in [0, 0.05) is 0 Å². The Kier molecular flexibility index (Phi) is 4.64. The molecule has 1 aromatic carbocycles. The first-order valence-corrected chi connectivity index (χ1v) is 7.19. The molecule has 0 spiro atoms. The maximum absolute atomic E-state index is 13.1. The molecule has 3 nitrogen and oxygen atoms in total. The Bertz CT molecular complexity index is 532. The lowest BCUT2D eigenvalue weighted by Crippen LogP contribution is -2.09. The van der Waals surface area contributed by atoms with Crippen LogP contribution in [0.1, 0.15) is 30.9 Å². The van der Waals surface area contributed by atoms with E-state index in [1.54, 1.807) is 6.07 Å². The van der Waals surface area contributed by atoms with Gasteiger partial charge < -0.3 is 0 Å². The van der Waals surface area contributed by atoms with Gasteiger partial charge in [0.25, 0.3) is 0 Å². The SMILES string of the molecule is CCCCS(=O)(=O)Cc1cc(F)cc(C#N)c1. The van der Waals surface area contributed by atoms with E-state index in [1.807, 2.05) is 6.92 Å². The fourth-order valence-electron chi connectivity index (χ4n) is 1.49. The van der Waals surface area contributed by atoms with Crippen molar-refractivity contribution < 1.29 is 12.8 Å². The number of unbranched alkanes of at least 4 members (excludes halogenated alkanes) is 1. The first-order chi connectivity index (χ1) is 7.96. The zero-order valence-corrected chi connectivity index (χ0v) is 10.4. The topological polar surface area (TPSA) is 57.9 Å². The molecule has 0 aromatic heterocycles. The summed E-state index contributed by atoms with van der Waals surface area (Å²) in [5.41, 5.74) is 0.475. The van der Waals surface area contributed by atoms with Crippen molar-refractivity contribution in [3.05, 3.63) is 35.1 Å². The Morgan fingerprint density at radius 1 is 1.35 bits per heavy atom. The van der Waals surface area contributed by atoms with Crippen LogP contribution in [0.2, 0.25) is 0 Å². The molecule has 0 N–H and O–H groups in total. The van der Waals surface area contributed by atoms with Gasteiger partial charge in [-0.1, -0.05) is 13.3 Å². The van der Waals surface area contributed by atoms with Gasteiger partial charge in [-0.2, -0.15) is 5.26 Å². The van der Waals surface area contributed by atoms with Gasteiger partial charge in [-0.15, -0.1) is 0 Å². The van der Waals surface area contributed by atoms with Crippen LogP contribution >= 0.6 is 0 Å². The summed E-state index contributed by atoms with van der Waals surface area (Å²) < 4.78 is 36.4. The molecule has 0 bridgehead atoms. The molecule has 0 saturated heterocycles. The summed E-state index contributed by atoms with van der Waals surface area (Å²) in [5, 5.41) is 8.66. The molecule has 1 aromatic rings. The second-order valence-corrected chi connectivity index (χ2v) is 6.09. The van der Waals surface area contributed by atoms with E-state index in [2.05, 4.69) is 0 Å². The Hall–Kier alpha value is -1.41. The lowest BCUT2D eigenvalue weighted by atomic mass is 10.1. The summed E-state index contributed by atoms with van der Waals surface area (Å²) >= 11 is 0. The third-order valence-corrected chi connectivity index (χ3v) is 3.97. The highest BCUT2D eigenvalue weighted by Crippen LogP contribution is 2.13. The van der Waals surface area contributed by atoms with Crippen molar-refractivity contribution in [3.8, 4) is 6.07 Å². The number of hydrogen-bond donors (Lipinski definition) is 0. The van der Waals surface area contributed by atoms with E-state index >= 15 is 0 Å².